The molecule has 6 nitrogen and oxygen atoms in total. The third kappa shape index (κ3) is 4.21. The molecule has 0 bridgehead atoms. The van der Waals surface area contributed by atoms with Crippen LogP contribution in [0.15, 0.2) is 45.6 Å². The Kier molecular flexibility index (Phi) is 5.57. The minimum atomic E-state index is -0.492. The van der Waals surface area contributed by atoms with Gasteiger partial charge in [-0.15, -0.1) is 0 Å². The van der Waals surface area contributed by atoms with Crippen molar-refractivity contribution in [3.63, 3.8) is 0 Å². The van der Waals surface area contributed by atoms with Crippen LogP contribution in [0.25, 0.3) is 0 Å². The summed E-state index contributed by atoms with van der Waals surface area (Å²) in [6.45, 7) is 4.09. The van der Waals surface area contributed by atoms with E-state index >= 15 is 0 Å². The number of hydrogen-bond donors (Lipinski definition) is 1. The van der Waals surface area contributed by atoms with Crippen LogP contribution >= 0.6 is 31.9 Å². The summed E-state index contributed by atoms with van der Waals surface area (Å²) in [6, 6.07) is 5.71. The highest BCUT2D eigenvalue weighted by Crippen LogP contribution is 2.23. The van der Waals surface area contributed by atoms with E-state index in [1.165, 1.54) is 12.1 Å². The number of benzene rings is 1. The first-order valence-electron chi connectivity index (χ1n) is 7.83. The van der Waals surface area contributed by atoms with Crippen LogP contribution < -0.4 is 5.32 Å². The Morgan fingerprint density at radius 3 is 2.50 bits per heavy atom. The molecule has 0 radical (unpaired) electrons. The normalized spacial score (nSPS) is 12.2. The van der Waals surface area contributed by atoms with Gasteiger partial charge >= 0.3 is 0 Å². The van der Waals surface area contributed by atoms with Gasteiger partial charge in [0.1, 0.15) is 11.9 Å². The molecule has 1 aromatic carbocycles. The first-order chi connectivity index (χ1) is 12.3. The fraction of sp³-hybridized carbons (Fsp3) is 0.235. The fourth-order valence-electron chi connectivity index (χ4n) is 2.34. The molecule has 136 valence electrons. The molecule has 1 atom stereocenters. The quantitative estimate of drug-likeness (QED) is 0.587. The Bertz CT molecular complexity index is 916. The maximum absolute atomic E-state index is 13.0. The number of nitrogens with zero attached hydrogens (tertiary/aromatic N) is 4. The molecule has 0 aliphatic heterocycles. The number of rotatable bonds is 5. The predicted molar refractivity (Wildman–Crippen MR) is 103 cm³/mol. The van der Waals surface area contributed by atoms with Crippen molar-refractivity contribution in [3.05, 3.63) is 62.7 Å². The highest BCUT2D eigenvalue weighted by atomic mass is 79.9. The molecule has 2 aromatic heterocycles. The molecular weight excluding hydrogens is 469 g/mol. The third-order valence-corrected chi connectivity index (χ3v) is 5.21. The van der Waals surface area contributed by atoms with E-state index in [1.807, 2.05) is 6.92 Å². The van der Waals surface area contributed by atoms with Crippen LogP contribution in [0.4, 0.5) is 10.2 Å². The number of aryl methyl sites for hydroxylation is 1. The SMILES string of the molecule is Cc1nn(C(C)C(=O)Nc2nn(Cc3ccc(F)cc3)cc2Br)cc1Br. The fourth-order valence-corrected chi connectivity index (χ4v) is 3.04. The summed E-state index contributed by atoms with van der Waals surface area (Å²) in [5.74, 6) is -0.0857. The van der Waals surface area contributed by atoms with E-state index in [4.69, 9.17) is 0 Å². The Morgan fingerprint density at radius 1 is 1.19 bits per heavy atom. The first kappa shape index (κ1) is 18.8. The van der Waals surface area contributed by atoms with E-state index < -0.39 is 6.04 Å². The van der Waals surface area contributed by atoms with Crippen molar-refractivity contribution >= 4 is 43.6 Å². The van der Waals surface area contributed by atoms with Crippen LogP contribution in [0, 0.1) is 12.7 Å². The van der Waals surface area contributed by atoms with E-state index in [0.29, 0.717) is 16.8 Å². The second-order valence-electron chi connectivity index (χ2n) is 5.86. The molecule has 3 aromatic rings. The summed E-state index contributed by atoms with van der Waals surface area (Å²) in [4.78, 5) is 12.5. The molecule has 0 saturated heterocycles. The third-order valence-electron chi connectivity index (χ3n) is 3.85. The van der Waals surface area contributed by atoms with Gasteiger partial charge in [0.25, 0.3) is 0 Å². The number of aromatic nitrogens is 4. The van der Waals surface area contributed by atoms with Crippen molar-refractivity contribution in [2.75, 3.05) is 5.32 Å². The smallest absolute Gasteiger partial charge is 0.250 e. The summed E-state index contributed by atoms with van der Waals surface area (Å²) < 4.78 is 17.8. The van der Waals surface area contributed by atoms with Gasteiger partial charge in [0.2, 0.25) is 5.91 Å². The molecule has 1 unspecified atom stereocenters. The molecule has 0 aliphatic carbocycles. The average Bonchev–Trinajstić information content (AvgIpc) is 3.11. The molecular formula is C17H16Br2FN5O. The Balaban J connectivity index is 1.70. The number of halogens is 3. The predicted octanol–water partition coefficient (Wildman–Crippen LogP) is 4.30. The maximum Gasteiger partial charge on any atom is 0.250 e. The van der Waals surface area contributed by atoms with Crippen molar-refractivity contribution < 1.29 is 9.18 Å². The lowest BCUT2D eigenvalue weighted by molar-refractivity contribution is -0.119. The monoisotopic (exact) mass is 483 g/mol. The maximum atomic E-state index is 13.0. The van der Waals surface area contributed by atoms with Gasteiger partial charge in [-0.3, -0.25) is 14.2 Å². The van der Waals surface area contributed by atoms with Gasteiger partial charge in [-0.2, -0.15) is 10.2 Å². The molecule has 2 heterocycles. The molecule has 3 rings (SSSR count). The lowest BCUT2D eigenvalue weighted by atomic mass is 10.2. The van der Waals surface area contributed by atoms with Crippen LogP contribution in [0.5, 0.6) is 0 Å². The lowest BCUT2D eigenvalue weighted by Gasteiger charge is -2.11. The number of anilines is 1. The number of amides is 1. The van der Waals surface area contributed by atoms with E-state index in [-0.39, 0.29) is 11.7 Å². The van der Waals surface area contributed by atoms with Crippen LogP contribution in [-0.2, 0) is 11.3 Å². The second kappa shape index (κ2) is 7.71. The minimum absolute atomic E-state index is 0.229. The number of carbonyl (C=O) groups excluding carboxylic acids is 1. The summed E-state index contributed by atoms with van der Waals surface area (Å²) in [5, 5.41) is 11.5. The highest BCUT2D eigenvalue weighted by Gasteiger charge is 2.19. The summed E-state index contributed by atoms with van der Waals surface area (Å²) >= 11 is 6.79. The summed E-state index contributed by atoms with van der Waals surface area (Å²) in [5.41, 5.74) is 1.72. The molecule has 0 fully saturated rings. The van der Waals surface area contributed by atoms with Crippen molar-refractivity contribution in [3.8, 4) is 0 Å². The van der Waals surface area contributed by atoms with Gasteiger partial charge in [-0.05, 0) is 63.4 Å². The van der Waals surface area contributed by atoms with E-state index in [0.717, 1.165) is 15.7 Å². The topological polar surface area (TPSA) is 64.7 Å². The van der Waals surface area contributed by atoms with Crippen molar-refractivity contribution in [1.82, 2.24) is 19.6 Å². The average molecular weight is 485 g/mol. The zero-order valence-corrected chi connectivity index (χ0v) is 17.3. The lowest BCUT2D eigenvalue weighted by Crippen LogP contribution is -2.24. The van der Waals surface area contributed by atoms with E-state index in [9.17, 15) is 9.18 Å². The van der Waals surface area contributed by atoms with Gasteiger partial charge in [-0.25, -0.2) is 4.39 Å². The van der Waals surface area contributed by atoms with Crippen molar-refractivity contribution in [1.29, 1.82) is 0 Å². The highest BCUT2D eigenvalue weighted by molar-refractivity contribution is 9.10. The molecule has 9 heteroatoms. The van der Waals surface area contributed by atoms with Crippen molar-refractivity contribution in [2.45, 2.75) is 26.4 Å². The first-order valence-corrected chi connectivity index (χ1v) is 9.41. The van der Waals surface area contributed by atoms with Gasteiger partial charge < -0.3 is 5.32 Å². The van der Waals surface area contributed by atoms with Crippen LogP contribution in [0.3, 0.4) is 0 Å². The number of carbonyl (C=O) groups is 1. The zero-order chi connectivity index (χ0) is 18.8. The second-order valence-corrected chi connectivity index (χ2v) is 7.57. The molecule has 0 spiro atoms. The Labute approximate surface area is 166 Å². The molecule has 0 saturated carbocycles. The van der Waals surface area contributed by atoms with E-state index in [2.05, 4.69) is 47.4 Å². The van der Waals surface area contributed by atoms with Crippen LogP contribution in [0.1, 0.15) is 24.2 Å². The Morgan fingerprint density at radius 2 is 1.88 bits per heavy atom. The van der Waals surface area contributed by atoms with Gasteiger partial charge in [0, 0.05) is 12.4 Å². The summed E-state index contributed by atoms with van der Waals surface area (Å²) in [7, 11) is 0. The van der Waals surface area contributed by atoms with E-state index in [1.54, 1.807) is 40.8 Å². The Hall–Kier alpha value is -2.00. The minimum Gasteiger partial charge on any atom is -0.306 e. The van der Waals surface area contributed by atoms with Gasteiger partial charge in [0.05, 0.1) is 21.2 Å². The number of hydrogen-bond acceptors (Lipinski definition) is 3. The van der Waals surface area contributed by atoms with Crippen LogP contribution in [0.2, 0.25) is 0 Å². The zero-order valence-electron chi connectivity index (χ0n) is 14.1. The van der Waals surface area contributed by atoms with Gasteiger partial charge in [-0.1, -0.05) is 12.1 Å². The number of nitrogens with one attached hydrogen (secondary N) is 1. The van der Waals surface area contributed by atoms with Gasteiger partial charge in [0.15, 0.2) is 5.82 Å². The van der Waals surface area contributed by atoms with Crippen LogP contribution in [-0.4, -0.2) is 25.5 Å². The van der Waals surface area contributed by atoms with Crippen molar-refractivity contribution in [2.24, 2.45) is 0 Å². The molecule has 1 N–H and O–H groups in total. The largest absolute Gasteiger partial charge is 0.306 e. The summed E-state index contributed by atoms with van der Waals surface area (Å²) in [6.07, 6.45) is 3.53. The standard InChI is InChI=1S/C17H16Br2FN5O/c1-10-14(18)9-25(22-10)11(2)17(26)21-16-15(19)8-24(23-16)7-12-3-5-13(20)6-4-12/h3-6,8-9,11H,7H2,1-2H3,(H,21,23,26). The molecule has 26 heavy (non-hydrogen) atoms. The molecule has 1 amide bonds. The molecule has 0 aliphatic rings.